The second-order valence-corrected chi connectivity index (χ2v) is 13.3. The molecule has 0 radical (unpaired) electrons. The maximum absolute atomic E-state index is 13.8. The van der Waals surface area contributed by atoms with E-state index < -0.39 is 23.5 Å². The number of pyridine rings is 1. The topological polar surface area (TPSA) is 68.7 Å². The molecule has 6 rings (SSSR count). The number of anilines is 2. The van der Waals surface area contributed by atoms with Gasteiger partial charge in [-0.2, -0.15) is 26.3 Å². The Bertz CT molecular complexity index is 1760. The summed E-state index contributed by atoms with van der Waals surface area (Å²) in [6.07, 6.45) is -3.87. The molecule has 0 amide bonds. The highest BCUT2D eigenvalue weighted by Gasteiger charge is 2.37. The van der Waals surface area contributed by atoms with E-state index in [1.807, 2.05) is 31.2 Å². The Balaban J connectivity index is 1.37. The molecule has 8 nitrogen and oxygen atoms in total. The van der Waals surface area contributed by atoms with Gasteiger partial charge in [0.05, 0.1) is 33.8 Å². The van der Waals surface area contributed by atoms with Gasteiger partial charge in [0.25, 0.3) is 0 Å². The molecule has 4 aromatic rings. The number of aldehydes is 1. The van der Waals surface area contributed by atoms with Gasteiger partial charge in [0, 0.05) is 69.2 Å². The molecule has 2 fully saturated rings. The fourth-order valence-corrected chi connectivity index (χ4v) is 6.94. The number of benzene rings is 2. The van der Waals surface area contributed by atoms with E-state index in [1.165, 1.54) is 12.4 Å². The Kier molecular flexibility index (Phi) is 10.1. The van der Waals surface area contributed by atoms with Gasteiger partial charge in [-0.25, -0.2) is 15.0 Å². The zero-order chi connectivity index (χ0) is 34.9. The minimum atomic E-state index is -4.98. The first kappa shape index (κ1) is 35.0. The molecule has 49 heavy (non-hydrogen) atoms. The third-order valence-corrected chi connectivity index (χ3v) is 9.46. The second-order valence-electron chi connectivity index (χ2n) is 12.4. The van der Waals surface area contributed by atoms with Crippen molar-refractivity contribution in [3.8, 4) is 0 Å². The molecule has 2 aliphatic rings. The number of carbonyl (C=O) groups excluding carboxylic acids is 1. The molecular weight excluding hydrogens is 716 g/mol. The van der Waals surface area contributed by atoms with Gasteiger partial charge in [-0.1, -0.05) is 18.2 Å². The zero-order valence-corrected chi connectivity index (χ0v) is 28.2. The first-order valence-electron chi connectivity index (χ1n) is 15.9. The third-order valence-electron chi connectivity index (χ3n) is 9.05. The monoisotopic (exact) mass is 749 g/mol. The molecule has 0 N–H and O–H groups in total. The summed E-state index contributed by atoms with van der Waals surface area (Å²) in [5.41, 5.74) is -0.463. The molecule has 0 saturated carbocycles. The average molecular weight is 751 g/mol. The van der Waals surface area contributed by atoms with Crippen molar-refractivity contribution in [3.63, 3.8) is 0 Å². The van der Waals surface area contributed by atoms with Crippen LogP contribution < -0.4 is 9.80 Å². The fourth-order valence-electron chi connectivity index (χ4n) is 6.74. The van der Waals surface area contributed by atoms with Crippen LogP contribution in [0, 0.1) is 6.92 Å². The van der Waals surface area contributed by atoms with E-state index in [9.17, 15) is 31.1 Å². The lowest BCUT2D eigenvalue weighted by Crippen LogP contribution is -2.54. The van der Waals surface area contributed by atoms with Gasteiger partial charge < -0.3 is 14.6 Å². The average Bonchev–Trinajstić information content (AvgIpc) is 3.52. The summed E-state index contributed by atoms with van der Waals surface area (Å²) in [5.74, 6) is 0.811. The van der Waals surface area contributed by atoms with Crippen molar-refractivity contribution < 1.29 is 31.1 Å². The van der Waals surface area contributed by atoms with Crippen LogP contribution in [-0.4, -0.2) is 76.5 Å². The first-order valence-corrected chi connectivity index (χ1v) is 16.7. The number of fused-ring (bicyclic) bond motifs is 1. The van der Waals surface area contributed by atoms with Crippen molar-refractivity contribution in [2.24, 2.45) is 0 Å². The largest absolute Gasteiger partial charge is 0.416 e. The number of hydrogen-bond donors (Lipinski definition) is 0. The van der Waals surface area contributed by atoms with Gasteiger partial charge in [0.1, 0.15) is 12.1 Å². The quantitative estimate of drug-likeness (QED) is 0.133. The molecule has 2 saturated heterocycles. The number of nitrogens with zero attached hydrogens (tertiary/aromatic N) is 7. The second kappa shape index (κ2) is 14.2. The molecule has 2 aromatic carbocycles. The Hall–Kier alpha value is -3.82. The van der Waals surface area contributed by atoms with Crippen molar-refractivity contribution in [1.29, 1.82) is 0 Å². The maximum Gasteiger partial charge on any atom is 0.416 e. The van der Waals surface area contributed by atoms with Crippen LogP contribution in [0.4, 0.5) is 38.1 Å². The van der Waals surface area contributed by atoms with Crippen molar-refractivity contribution in [2.75, 3.05) is 49.1 Å². The van der Waals surface area contributed by atoms with Gasteiger partial charge in [-0.05, 0) is 71.1 Å². The number of hydrogen-bond acceptors (Lipinski definition) is 8. The molecule has 2 aliphatic heterocycles. The van der Waals surface area contributed by atoms with Crippen LogP contribution in [0.5, 0.6) is 0 Å². The number of para-hydroxylation sites is 1. The van der Waals surface area contributed by atoms with Crippen LogP contribution in [0.25, 0.3) is 10.9 Å². The molecule has 0 spiro atoms. The van der Waals surface area contributed by atoms with E-state index in [2.05, 4.69) is 40.6 Å². The number of aromatic nitrogens is 3. The Morgan fingerprint density at radius 1 is 0.918 bits per heavy atom. The van der Waals surface area contributed by atoms with Gasteiger partial charge >= 0.3 is 12.4 Å². The van der Waals surface area contributed by atoms with Crippen molar-refractivity contribution in [3.05, 3.63) is 87.1 Å². The maximum atomic E-state index is 13.8. The summed E-state index contributed by atoms with van der Waals surface area (Å²) in [7, 11) is 0. The summed E-state index contributed by atoms with van der Waals surface area (Å²) < 4.78 is 83.2. The van der Waals surface area contributed by atoms with Crippen LogP contribution in [0.2, 0.25) is 0 Å². The highest BCUT2D eigenvalue weighted by molar-refractivity contribution is 9.10. The van der Waals surface area contributed by atoms with Crippen LogP contribution in [0.15, 0.2) is 59.3 Å². The Morgan fingerprint density at radius 3 is 2.22 bits per heavy atom. The molecule has 15 heteroatoms. The minimum Gasteiger partial charge on any atom is -0.354 e. The van der Waals surface area contributed by atoms with Crippen LogP contribution >= 0.6 is 15.9 Å². The van der Waals surface area contributed by atoms with Gasteiger partial charge in [-0.15, -0.1) is 0 Å². The number of aryl methyl sites for hydroxylation is 1. The molecule has 0 bridgehead atoms. The molecule has 0 aliphatic carbocycles. The first-order chi connectivity index (χ1) is 23.3. The van der Waals surface area contributed by atoms with Crippen molar-refractivity contribution >= 4 is 44.9 Å². The predicted molar refractivity (Wildman–Crippen MR) is 177 cm³/mol. The standard InChI is InChI=1S/C34H34BrF6N7O/c1-22-4-2-5-24-16-25(31(44-30(22)24)47-10-8-46(9-11-47)29-6-3-7-45(29)12-13-49)21-48(32-42-18-28(35)19-43-32)20-23-14-26(33(36,37)38)17-27(15-23)34(39,40)41/h2,4-5,13-19,29H,3,6-12,20-21H2,1H3. The molecular formula is C34H34BrF6N7O. The Morgan fingerprint density at radius 2 is 1.59 bits per heavy atom. The lowest BCUT2D eigenvalue weighted by Gasteiger charge is -2.41. The summed E-state index contributed by atoms with van der Waals surface area (Å²) in [6.45, 7) is 5.71. The number of halogens is 7. The van der Waals surface area contributed by atoms with E-state index in [0.717, 1.165) is 72.9 Å². The number of carbonyl (C=O) groups is 1. The third kappa shape index (κ3) is 7.99. The molecule has 1 unspecified atom stereocenters. The van der Waals surface area contributed by atoms with Crippen LogP contribution in [0.3, 0.4) is 0 Å². The molecule has 1 atom stereocenters. The van der Waals surface area contributed by atoms with E-state index >= 15 is 0 Å². The molecule has 2 aromatic heterocycles. The summed E-state index contributed by atoms with van der Waals surface area (Å²) in [6, 6.07) is 9.36. The minimum absolute atomic E-state index is 0.0569. The predicted octanol–water partition coefficient (Wildman–Crippen LogP) is 7.08. The Labute approximate surface area is 287 Å². The number of piperazine rings is 1. The van der Waals surface area contributed by atoms with E-state index in [4.69, 9.17) is 4.98 Å². The number of alkyl halides is 6. The highest BCUT2D eigenvalue weighted by Crippen LogP contribution is 2.37. The van der Waals surface area contributed by atoms with Crippen LogP contribution in [-0.2, 0) is 30.2 Å². The smallest absolute Gasteiger partial charge is 0.354 e. The van der Waals surface area contributed by atoms with Gasteiger partial charge in [-0.3, -0.25) is 9.80 Å². The zero-order valence-electron chi connectivity index (χ0n) is 26.6. The van der Waals surface area contributed by atoms with Gasteiger partial charge in [0.2, 0.25) is 5.95 Å². The van der Waals surface area contributed by atoms with E-state index in [-0.39, 0.29) is 36.8 Å². The lowest BCUT2D eigenvalue weighted by atomic mass is 10.0. The fraction of sp³-hybridized carbons (Fsp3) is 0.412. The molecule has 4 heterocycles. The number of likely N-dealkylation sites (tertiary alicyclic amines) is 1. The summed E-state index contributed by atoms with van der Waals surface area (Å²) >= 11 is 3.30. The normalized spacial score (nSPS) is 18.0. The van der Waals surface area contributed by atoms with Crippen molar-refractivity contribution in [2.45, 2.75) is 51.4 Å². The summed E-state index contributed by atoms with van der Waals surface area (Å²) in [5, 5.41) is 0.850. The lowest BCUT2D eigenvalue weighted by molar-refractivity contribution is -0.143. The van der Waals surface area contributed by atoms with Crippen molar-refractivity contribution in [1.82, 2.24) is 24.8 Å². The van der Waals surface area contributed by atoms with Crippen LogP contribution in [0.1, 0.15) is 40.7 Å². The van der Waals surface area contributed by atoms with E-state index in [1.54, 1.807) is 4.90 Å². The van der Waals surface area contributed by atoms with Gasteiger partial charge in [0.15, 0.2) is 0 Å². The summed E-state index contributed by atoms with van der Waals surface area (Å²) in [4.78, 5) is 33.4. The molecule has 260 valence electrons. The number of rotatable bonds is 9. The van der Waals surface area contributed by atoms with E-state index in [0.29, 0.717) is 29.9 Å². The SMILES string of the molecule is Cc1cccc2cc(CN(Cc3cc(C(F)(F)F)cc(C(F)(F)F)c3)c3ncc(Br)cn3)c(N3CCN(C4CCCN4CC=O)CC3)nc12. The highest BCUT2D eigenvalue weighted by atomic mass is 79.9.